The number of nitrogens with zero attached hydrogens (tertiary/aromatic N) is 1. The van der Waals surface area contributed by atoms with Crippen LogP contribution in [0.15, 0.2) is 18.3 Å². The topological polar surface area (TPSA) is 92.4 Å². The van der Waals surface area contributed by atoms with Gasteiger partial charge in [0, 0.05) is 36.8 Å². The Labute approximate surface area is 167 Å². The molecular weight excluding hydrogens is 389 g/mol. The second-order valence-corrected chi connectivity index (χ2v) is 7.46. The molecule has 3 amide bonds. The van der Waals surface area contributed by atoms with Gasteiger partial charge in [-0.3, -0.25) is 4.79 Å². The summed E-state index contributed by atoms with van der Waals surface area (Å²) in [7, 11) is 0. The molecule has 1 aromatic rings. The first-order valence-electron chi connectivity index (χ1n) is 9.61. The van der Waals surface area contributed by atoms with Gasteiger partial charge >= 0.3 is 12.2 Å². The molecule has 1 fully saturated rings. The Kier molecular flexibility index (Phi) is 8.10. The van der Waals surface area contributed by atoms with Gasteiger partial charge in [-0.2, -0.15) is 13.2 Å². The van der Waals surface area contributed by atoms with Crippen molar-refractivity contribution in [3.05, 3.63) is 23.9 Å². The van der Waals surface area contributed by atoms with Crippen LogP contribution in [0.4, 0.5) is 18.0 Å². The molecule has 0 saturated heterocycles. The largest absolute Gasteiger partial charge is 0.468 e. The number of carbonyl (C=O) groups excluding carboxylic acids is 2. The van der Waals surface area contributed by atoms with E-state index < -0.39 is 18.8 Å². The van der Waals surface area contributed by atoms with E-state index in [9.17, 15) is 22.8 Å². The summed E-state index contributed by atoms with van der Waals surface area (Å²) in [4.78, 5) is 28.1. The van der Waals surface area contributed by atoms with Crippen LogP contribution in [-0.2, 0) is 11.3 Å². The third kappa shape index (κ3) is 8.57. The summed E-state index contributed by atoms with van der Waals surface area (Å²) in [5.41, 5.74) is 0.560. The lowest BCUT2D eigenvalue weighted by Gasteiger charge is -2.29. The zero-order valence-corrected chi connectivity index (χ0v) is 16.5. The van der Waals surface area contributed by atoms with E-state index in [0.29, 0.717) is 12.0 Å². The van der Waals surface area contributed by atoms with Crippen LogP contribution in [0.2, 0.25) is 0 Å². The molecule has 1 saturated carbocycles. The first-order valence-corrected chi connectivity index (χ1v) is 9.61. The first kappa shape index (κ1) is 22.8. The van der Waals surface area contributed by atoms with Crippen molar-refractivity contribution in [3.8, 4) is 5.88 Å². The second-order valence-electron chi connectivity index (χ2n) is 7.46. The number of carbonyl (C=O) groups is 2. The van der Waals surface area contributed by atoms with Crippen LogP contribution in [-0.4, -0.2) is 41.8 Å². The number of hydrogen-bond donors (Lipinski definition) is 3. The molecule has 0 radical (unpaired) electrons. The maximum atomic E-state index is 12.2. The van der Waals surface area contributed by atoms with Crippen molar-refractivity contribution < 1.29 is 27.5 Å². The van der Waals surface area contributed by atoms with E-state index in [1.165, 1.54) is 12.3 Å². The van der Waals surface area contributed by atoms with Crippen molar-refractivity contribution in [2.24, 2.45) is 5.92 Å². The monoisotopic (exact) mass is 416 g/mol. The quantitative estimate of drug-likeness (QED) is 0.637. The zero-order valence-electron chi connectivity index (χ0n) is 16.5. The predicted octanol–water partition coefficient (Wildman–Crippen LogP) is 2.91. The standard InChI is InChI=1S/C19H27F3N4O3/c1-12(2)25-17(27)14-4-3-5-15(9-14)26-18(28)24-10-13-6-7-23-16(8-13)29-11-19(20,21)22/h6-8,12,14-15H,3-5,9-11H2,1-2H3,(H,25,27)(H2,24,26,28). The number of hydrogen-bond acceptors (Lipinski definition) is 4. The summed E-state index contributed by atoms with van der Waals surface area (Å²) in [6, 6.07) is 2.50. The summed E-state index contributed by atoms with van der Waals surface area (Å²) in [5, 5.41) is 8.43. The van der Waals surface area contributed by atoms with E-state index in [0.717, 1.165) is 19.3 Å². The fraction of sp³-hybridized carbons (Fsp3) is 0.632. The lowest BCUT2D eigenvalue weighted by molar-refractivity contribution is -0.154. The highest BCUT2D eigenvalue weighted by atomic mass is 19.4. The van der Waals surface area contributed by atoms with Gasteiger partial charge in [-0.25, -0.2) is 9.78 Å². The van der Waals surface area contributed by atoms with Crippen LogP contribution >= 0.6 is 0 Å². The Hall–Kier alpha value is -2.52. The summed E-state index contributed by atoms with van der Waals surface area (Å²) in [5.74, 6) is -0.270. The van der Waals surface area contributed by atoms with Crippen LogP contribution in [0.5, 0.6) is 5.88 Å². The molecule has 1 heterocycles. The van der Waals surface area contributed by atoms with Gasteiger partial charge < -0.3 is 20.7 Å². The van der Waals surface area contributed by atoms with E-state index in [1.807, 2.05) is 13.8 Å². The molecule has 1 aromatic heterocycles. The zero-order chi connectivity index (χ0) is 21.4. The van der Waals surface area contributed by atoms with Crippen molar-refractivity contribution in [2.75, 3.05) is 6.61 Å². The summed E-state index contributed by atoms with van der Waals surface area (Å²) in [6.45, 7) is 2.50. The maximum Gasteiger partial charge on any atom is 0.422 e. The molecule has 0 aromatic carbocycles. The van der Waals surface area contributed by atoms with E-state index in [1.54, 1.807) is 6.07 Å². The number of rotatable bonds is 7. The van der Waals surface area contributed by atoms with Crippen LogP contribution in [0.3, 0.4) is 0 Å². The molecule has 10 heteroatoms. The maximum absolute atomic E-state index is 12.2. The van der Waals surface area contributed by atoms with Gasteiger partial charge in [0.05, 0.1) is 0 Å². The Morgan fingerprint density at radius 3 is 2.76 bits per heavy atom. The number of ether oxygens (including phenoxy) is 1. The predicted molar refractivity (Wildman–Crippen MR) is 100 cm³/mol. The van der Waals surface area contributed by atoms with Gasteiger partial charge in [0.2, 0.25) is 11.8 Å². The van der Waals surface area contributed by atoms with Gasteiger partial charge in [0.25, 0.3) is 0 Å². The summed E-state index contributed by atoms with van der Waals surface area (Å²) >= 11 is 0. The van der Waals surface area contributed by atoms with E-state index in [-0.39, 0.29) is 36.3 Å². The van der Waals surface area contributed by atoms with E-state index in [2.05, 4.69) is 25.7 Å². The van der Waals surface area contributed by atoms with Crippen LogP contribution in [0, 0.1) is 5.92 Å². The van der Waals surface area contributed by atoms with Crippen molar-refractivity contribution in [2.45, 2.75) is 64.3 Å². The number of aromatic nitrogens is 1. The van der Waals surface area contributed by atoms with Crippen LogP contribution < -0.4 is 20.7 Å². The Balaban J connectivity index is 1.78. The minimum atomic E-state index is -4.44. The molecule has 0 spiro atoms. The fourth-order valence-corrected chi connectivity index (χ4v) is 3.18. The molecule has 2 atom stereocenters. The molecule has 29 heavy (non-hydrogen) atoms. The second kappa shape index (κ2) is 10.3. The molecule has 2 unspecified atom stereocenters. The molecule has 0 bridgehead atoms. The number of alkyl halides is 3. The first-order chi connectivity index (χ1) is 13.6. The highest BCUT2D eigenvalue weighted by Gasteiger charge is 2.29. The van der Waals surface area contributed by atoms with Crippen molar-refractivity contribution in [1.82, 2.24) is 20.9 Å². The molecule has 3 N–H and O–H groups in total. The third-order valence-corrected chi connectivity index (χ3v) is 4.45. The highest BCUT2D eigenvalue weighted by molar-refractivity contribution is 5.79. The van der Waals surface area contributed by atoms with Crippen LogP contribution in [0.25, 0.3) is 0 Å². The van der Waals surface area contributed by atoms with Gasteiger partial charge in [0.1, 0.15) is 0 Å². The lowest BCUT2D eigenvalue weighted by Crippen LogP contribution is -2.46. The van der Waals surface area contributed by atoms with Crippen molar-refractivity contribution >= 4 is 11.9 Å². The highest BCUT2D eigenvalue weighted by Crippen LogP contribution is 2.24. The Bertz CT molecular complexity index is 698. The number of pyridine rings is 1. The minimum Gasteiger partial charge on any atom is -0.468 e. The summed E-state index contributed by atoms with van der Waals surface area (Å²) in [6.07, 6.45) is -0.0961. The Morgan fingerprint density at radius 2 is 2.07 bits per heavy atom. The number of nitrogens with one attached hydrogen (secondary N) is 3. The number of halogens is 3. The van der Waals surface area contributed by atoms with E-state index in [4.69, 9.17) is 0 Å². The van der Waals surface area contributed by atoms with Crippen LogP contribution in [0.1, 0.15) is 45.1 Å². The molecular formula is C19H27F3N4O3. The SMILES string of the molecule is CC(C)NC(=O)C1CCCC(NC(=O)NCc2ccnc(OCC(F)(F)F)c2)C1. The van der Waals surface area contributed by atoms with Gasteiger partial charge in [-0.05, 0) is 44.7 Å². The van der Waals surface area contributed by atoms with Gasteiger partial charge in [-0.15, -0.1) is 0 Å². The number of urea groups is 1. The van der Waals surface area contributed by atoms with Gasteiger partial charge in [0.15, 0.2) is 6.61 Å². The molecule has 162 valence electrons. The number of amides is 3. The smallest absolute Gasteiger partial charge is 0.422 e. The lowest BCUT2D eigenvalue weighted by atomic mass is 9.85. The average Bonchev–Trinajstić information content (AvgIpc) is 2.64. The van der Waals surface area contributed by atoms with Crippen molar-refractivity contribution in [1.29, 1.82) is 0 Å². The molecule has 0 aliphatic heterocycles. The molecule has 7 nitrogen and oxygen atoms in total. The fourth-order valence-electron chi connectivity index (χ4n) is 3.18. The molecule has 2 rings (SSSR count). The Morgan fingerprint density at radius 1 is 1.31 bits per heavy atom. The van der Waals surface area contributed by atoms with Gasteiger partial charge in [-0.1, -0.05) is 6.42 Å². The normalized spacial score (nSPS) is 19.5. The minimum absolute atomic E-state index is 0.00933. The van der Waals surface area contributed by atoms with Crippen molar-refractivity contribution in [3.63, 3.8) is 0 Å². The summed E-state index contributed by atoms with van der Waals surface area (Å²) < 4.78 is 41.2. The third-order valence-electron chi connectivity index (χ3n) is 4.45. The molecule has 1 aliphatic rings. The van der Waals surface area contributed by atoms with E-state index >= 15 is 0 Å². The molecule has 1 aliphatic carbocycles. The average molecular weight is 416 g/mol.